The van der Waals surface area contributed by atoms with Crippen LogP contribution in [-0.2, 0) is 0 Å². The van der Waals surface area contributed by atoms with Gasteiger partial charge in [0.1, 0.15) is 11.5 Å². The molecule has 112 valence electrons. The Morgan fingerprint density at radius 2 is 2.14 bits per heavy atom. The number of fused-ring (bicyclic) bond motifs is 1. The smallest absolute Gasteiger partial charge is 0.282 e. The lowest BCUT2D eigenvalue weighted by molar-refractivity contribution is 0.102. The third kappa shape index (κ3) is 2.39. The van der Waals surface area contributed by atoms with Crippen molar-refractivity contribution < 1.29 is 9.18 Å². The number of benzene rings is 1. The minimum Gasteiger partial charge on any atom is -0.316 e. The first-order valence-corrected chi connectivity index (χ1v) is 7.39. The highest BCUT2D eigenvalue weighted by molar-refractivity contribution is 7.15. The Labute approximate surface area is 129 Å². The number of nitrogens with zero attached hydrogens (tertiary/aromatic N) is 2. The number of thiazole rings is 1. The van der Waals surface area contributed by atoms with Crippen LogP contribution in [0.2, 0.25) is 0 Å². The molecule has 0 saturated carbocycles. The summed E-state index contributed by atoms with van der Waals surface area (Å²) in [6.07, 6.45) is 0. The maximum absolute atomic E-state index is 13.2. The molecule has 3 rings (SSSR count). The van der Waals surface area contributed by atoms with Crippen LogP contribution in [0.15, 0.2) is 34.4 Å². The number of aromatic nitrogens is 2. The lowest BCUT2D eigenvalue weighted by Gasteiger charge is -2.08. The number of carbonyl (C=O) groups excluding carboxylic acids is 1. The molecular formula is C15H12FN3O2S. The molecule has 1 N–H and O–H groups in total. The van der Waals surface area contributed by atoms with Crippen LogP contribution in [0.5, 0.6) is 0 Å². The monoisotopic (exact) mass is 317 g/mol. The van der Waals surface area contributed by atoms with Crippen molar-refractivity contribution in [3.05, 3.63) is 62.8 Å². The van der Waals surface area contributed by atoms with E-state index in [0.717, 1.165) is 11.8 Å². The van der Waals surface area contributed by atoms with Crippen LogP contribution < -0.4 is 10.9 Å². The SMILES string of the molecule is Cc1nc2scc(C)n2c(=O)c1NC(=O)c1cccc(F)c1. The highest BCUT2D eigenvalue weighted by Crippen LogP contribution is 2.16. The number of amides is 1. The van der Waals surface area contributed by atoms with Crippen LogP contribution in [-0.4, -0.2) is 15.3 Å². The number of aryl methyl sites for hydroxylation is 2. The van der Waals surface area contributed by atoms with Crippen LogP contribution in [0.25, 0.3) is 4.96 Å². The quantitative estimate of drug-likeness (QED) is 0.790. The molecule has 0 saturated heterocycles. The van der Waals surface area contributed by atoms with Gasteiger partial charge in [0.2, 0.25) is 0 Å². The van der Waals surface area contributed by atoms with Gasteiger partial charge in [-0.2, -0.15) is 0 Å². The topological polar surface area (TPSA) is 63.5 Å². The molecule has 5 nitrogen and oxygen atoms in total. The average molecular weight is 317 g/mol. The maximum Gasteiger partial charge on any atom is 0.282 e. The first kappa shape index (κ1) is 14.4. The number of nitrogens with one attached hydrogen (secondary N) is 1. The van der Waals surface area contributed by atoms with Gasteiger partial charge >= 0.3 is 0 Å². The zero-order valence-electron chi connectivity index (χ0n) is 11.9. The number of rotatable bonds is 2. The van der Waals surface area contributed by atoms with Crippen molar-refractivity contribution in [3.63, 3.8) is 0 Å². The standard InChI is InChI=1S/C15H12FN3O2S/c1-8-7-22-15-17-9(2)12(14(21)19(8)15)18-13(20)10-4-3-5-11(16)6-10/h3-7H,1-2H3,(H,18,20). The molecule has 0 unspecified atom stereocenters. The minimum absolute atomic E-state index is 0.105. The molecule has 1 amide bonds. The highest BCUT2D eigenvalue weighted by Gasteiger charge is 2.16. The number of anilines is 1. The predicted octanol–water partition coefficient (Wildman–Crippen LogP) is 2.76. The summed E-state index contributed by atoms with van der Waals surface area (Å²) in [7, 11) is 0. The molecule has 7 heteroatoms. The van der Waals surface area contributed by atoms with Crippen molar-refractivity contribution in [1.82, 2.24) is 9.38 Å². The van der Waals surface area contributed by atoms with Crippen LogP contribution in [0, 0.1) is 19.7 Å². The summed E-state index contributed by atoms with van der Waals surface area (Å²) in [5, 5.41) is 4.36. The van der Waals surface area contributed by atoms with Crippen LogP contribution in [0.1, 0.15) is 21.7 Å². The Morgan fingerprint density at radius 1 is 1.36 bits per heavy atom. The van der Waals surface area contributed by atoms with Gasteiger partial charge in [0.05, 0.1) is 5.69 Å². The summed E-state index contributed by atoms with van der Waals surface area (Å²) in [4.78, 5) is 29.6. The van der Waals surface area contributed by atoms with Gasteiger partial charge in [-0.15, -0.1) is 11.3 Å². The largest absolute Gasteiger partial charge is 0.316 e. The Kier molecular flexibility index (Phi) is 3.50. The Hall–Kier alpha value is -2.54. The highest BCUT2D eigenvalue weighted by atomic mass is 32.1. The fourth-order valence-electron chi connectivity index (χ4n) is 2.14. The second-order valence-corrected chi connectivity index (χ2v) is 5.67. The van der Waals surface area contributed by atoms with E-state index in [1.807, 2.05) is 5.38 Å². The van der Waals surface area contributed by atoms with Gasteiger partial charge in [-0.05, 0) is 32.0 Å². The van der Waals surface area contributed by atoms with E-state index in [9.17, 15) is 14.0 Å². The van der Waals surface area contributed by atoms with Crippen LogP contribution in [0.3, 0.4) is 0 Å². The Bertz CT molecular complexity index is 946. The fraction of sp³-hybridized carbons (Fsp3) is 0.133. The first-order valence-electron chi connectivity index (χ1n) is 6.52. The van der Waals surface area contributed by atoms with Crippen molar-refractivity contribution in [2.24, 2.45) is 0 Å². The van der Waals surface area contributed by atoms with E-state index in [0.29, 0.717) is 10.7 Å². The summed E-state index contributed by atoms with van der Waals surface area (Å²) in [5.74, 6) is -1.06. The van der Waals surface area contributed by atoms with E-state index in [2.05, 4.69) is 10.3 Å². The molecule has 22 heavy (non-hydrogen) atoms. The molecule has 0 aliphatic rings. The van der Waals surface area contributed by atoms with Gasteiger partial charge in [0, 0.05) is 16.6 Å². The van der Waals surface area contributed by atoms with E-state index in [-0.39, 0.29) is 16.8 Å². The predicted molar refractivity (Wildman–Crippen MR) is 83.2 cm³/mol. The lowest BCUT2D eigenvalue weighted by atomic mass is 10.2. The zero-order valence-corrected chi connectivity index (χ0v) is 12.7. The summed E-state index contributed by atoms with van der Waals surface area (Å²) < 4.78 is 14.6. The molecular weight excluding hydrogens is 305 g/mol. The van der Waals surface area contributed by atoms with Gasteiger partial charge in [-0.3, -0.25) is 14.0 Å². The first-order chi connectivity index (χ1) is 10.5. The molecule has 0 radical (unpaired) electrons. The molecule has 2 aromatic heterocycles. The normalized spacial score (nSPS) is 10.9. The van der Waals surface area contributed by atoms with Gasteiger partial charge < -0.3 is 5.32 Å². The molecule has 2 heterocycles. The van der Waals surface area contributed by atoms with Gasteiger partial charge in [-0.25, -0.2) is 9.37 Å². The third-order valence-corrected chi connectivity index (χ3v) is 4.19. The summed E-state index contributed by atoms with van der Waals surface area (Å²) in [5.41, 5.74) is 1.08. The van der Waals surface area contributed by atoms with Crippen molar-refractivity contribution in [2.45, 2.75) is 13.8 Å². The van der Waals surface area contributed by atoms with E-state index >= 15 is 0 Å². The van der Waals surface area contributed by atoms with Crippen LogP contribution in [0.4, 0.5) is 10.1 Å². The number of hydrogen-bond donors (Lipinski definition) is 1. The van der Waals surface area contributed by atoms with Gasteiger partial charge in [-0.1, -0.05) is 6.07 Å². The van der Waals surface area contributed by atoms with Crippen molar-refractivity contribution in [1.29, 1.82) is 0 Å². The molecule has 0 fully saturated rings. The van der Waals surface area contributed by atoms with E-state index in [1.165, 1.54) is 33.9 Å². The second-order valence-electron chi connectivity index (χ2n) is 4.84. The van der Waals surface area contributed by atoms with Crippen molar-refractivity contribution >= 4 is 27.9 Å². The summed E-state index contributed by atoms with van der Waals surface area (Å²) >= 11 is 1.36. The number of carbonyl (C=O) groups is 1. The second kappa shape index (κ2) is 5.34. The maximum atomic E-state index is 13.2. The molecule has 0 bridgehead atoms. The minimum atomic E-state index is -0.547. The van der Waals surface area contributed by atoms with E-state index in [1.54, 1.807) is 13.8 Å². The fourth-order valence-corrected chi connectivity index (χ4v) is 3.05. The average Bonchev–Trinajstić information content (AvgIpc) is 2.84. The Morgan fingerprint density at radius 3 is 2.86 bits per heavy atom. The third-order valence-electron chi connectivity index (χ3n) is 3.25. The van der Waals surface area contributed by atoms with Gasteiger partial charge in [0.25, 0.3) is 11.5 Å². The molecule has 0 aliphatic heterocycles. The zero-order chi connectivity index (χ0) is 15.9. The van der Waals surface area contributed by atoms with E-state index < -0.39 is 11.7 Å². The Balaban J connectivity index is 2.05. The number of hydrogen-bond acceptors (Lipinski definition) is 4. The number of halogens is 1. The molecule has 0 atom stereocenters. The summed E-state index contributed by atoms with van der Waals surface area (Å²) in [6, 6.07) is 5.28. The molecule has 0 aliphatic carbocycles. The molecule has 0 spiro atoms. The molecule has 3 aromatic rings. The lowest BCUT2D eigenvalue weighted by Crippen LogP contribution is -2.25. The van der Waals surface area contributed by atoms with Crippen molar-refractivity contribution in [2.75, 3.05) is 5.32 Å². The van der Waals surface area contributed by atoms with Gasteiger partial charge in [0.15, 0.2) is 4.96 Å². The van der Waals surface area contributed by atoms with Crippen molar-refractivity contribution in [3.8, 4) is 0 Å². The summed E-state index contributed by atoms with van der Waals surface area (Å²) in [6.45, 7) is 3.44. The molecule has 1 aromatic carbocycles. The van der Waals surface area contributed by atoms with Crippen LogP contribution >= 0.6 is 11.3 Å². The van der Waals surface area contributed by atoms with E-state index in [4.69, 9.17) is 0 Å².